The van der Waals surface area contributed by atoms with Crippen molar-refractivity contribution in [2.45, 2.75) is 6.18 Å². The van der Waals surface area contributed by atoms with Crippen molar-refractivity contribution in [2.75, 3.05) is 51.2 Å². The highest BCUT2D eigenvalue weighted by molar-refractivity contribution is 5.94. The maximum Gasteiger partial charge on any atom is 0.433 e. The van der Waals surface area contributed by atoms with Gasteiger partial charge in [0.2, 0.25) is 0 Å². The van der Waals surface area contributed by atoms with Gasteiger partial charge in [-0.05, 0) is 36.4 Å². The summed E-state index contributed by atoms with van der Waals surface area (Å²) in [6, 6.07) is 9.33. The van der Waals surface area contributed by atoms with Crippen LogP contribution in [0.5, 0.6) is 0 Å². The van der Waals surface area contributed by atoms with Gasteiger partial charge in [0.15, 0.2) is 0 Å². The highest BCUT2D eigenvalue weighted by Gasteiger charge is 2.33. The zero-order valence-electron chi connectivity index (χ0n) is 16.0. The van der Waals surface area contributed by atoms with Crippen LogP contribution in [-0.4, -0.2) is 67.0 Å². The number of nitrogens with zero attached hydrogens (tertiary/aromatic N) is 4. The molecule has 0 spiro atoms. The lowest BCUT2D eigenvalue weighted by atomic mass is 10.2. The van der Waals surface area contributed by atoms with Crippen LogP contribution in [0.2, 0.25) is 0 Å². The third-order valence-electron chi connectivity index (χ3n) is 4.91. The van der Waals surface area contributed by atoms with Crippen molar-refractivity contribution in [3.05, 3.63) is 59.5 Å². The normalized spacial score (nSPS) is 15.4. The number of carbonyl (C=O) groups excluding carboxylic acids is 1. The van der Waals surface area contributed by atoms with Gasteiger partial charge >= 0.3 is 6.18 Å². The molecule has 0 radical (unpaired) electrons. The average Bonchev–Trinajstić information content (AvgIpc) is 2.72. The standard InChI is InChI=1S/C20H22F4N4O/c1-26(19(29)15-5-7-16(21)8-6-15)9-10-27-11-13-28(14-12-27)18-4-2-3-17(25-18)20(22,23)24/h2-8H,9-14H2,1H3. The predicted molar refractivity (Wildman–Crippen MR) is 101 cm³/mol. The number of halogens is 4. The molecule has 1 amide bonds. The van der Waals surface area contributed by atoms with E-state index in [1.54, 1.807) is 18.0 Å². The number of amides is 1. The van der Waals surface area contributed by atoms with E-state index in [2.05, 4.69) is 9.88 Å². The first-order chi connectivity index (χ1) is 13.7. The van der Waals surface area contributed by atoms with Crippen LogP contribution in [0.3, 0.4) is 0 Å². The van der Waals surface area contributed by atoms with E-state index in [1.807, 2.05) is 4.90 Å². The van der Waals surface area contributed by atoms with Crippen LogP contribution >= 0.6 is 0 Å². The Bertz CT molecular complexity index is 833. The number of likely N-dealkylation sites (N-methyl/N-ethyl adjacent to an activating group) is 1. The van der Waals surface area contributed by atoms with E-state index in [-0.39, 0.29) is 5.91 Å². The Labute approximate surface area is 166 Å². The van der Waals surface area contributed by atoms with Crippen LogP contribution in [0.15, 0.2) is 42.5 Å². The average molecular weight is 410 g/mol. The molecular formula is C20H22F4N4O. The molecule has 9 heteroatoms. The van der Waals surface area contributed by atoms with Gasteiger partial charge in [-0.25, -0.2) is 9.37 Å². The number of alkyl halides is 3. The van der Waals surface area contributed by atoms with E-state index < -0.39 is 17.7 Å². The maximum absolute atomic E-state index is 13.0. The molecule has 0 atom stereocenters. The quantitative estimate of drug-likeness (QED) is 0.711. The van der Waals surface area contributed by atoms with Gasteiger partial charge in [-0.2, -0.15) is 13.2 Å². The van der Waals surface area contributed by atoms with Crippen molar-refractivity contribution < 1.29 is 22.4 Å². The first-order valence-electron chi connectivity index (χ1n) is 9.26. The summed E-state index contributed by atoms with van der Waals surface area (Å²) >= 11 is 0. The second-order valence-corrected chi connectivity index (χ2v) is 6.94. The monoisotopic (exact) mass is 410 g/mol. The molecule has 2 heterocycles. The number of pyridine rings is 1. The number of carbonyl (C=O) groups is 1. The molecule has 29 heavy (non-hydrogen) atoms. The van der Waals surface area contributed by atoms with Crippen LogP contribution in [0.1, 0.15) is 16.1 Å². The summed E-state index contributed by atoms with van der Waals surface area (Å²) in [5.74, 6) is -0.253. The fourth-order valence-electron chi connectivity index (χ4n) is 3.16. The molecule has 2 aromatic rings. The Morgan fingerprint density at radius 3 is 2.34 bits per heavy atom. The lowest BCUT2D eigenvalue weighted by Crippen LogP contribution is -2.49. The molecule has 1 fully saturated rings. The molecule has 5 nitrogen and oxygen atoms in total. The second kappa shape index (κ2) is 8.77. The maximum atomic E-state index is 13.0. The SMILES string of the molecule is CN(CCN1CCN(c2cccc(C(F)(F)F)n2)CC1)C(=O)c1ccc(F)cc1. The highest BCUT2D eigenvalue weighted by Crippen LogP contribution is 2.29. The van der Waals surface area contributed by atoms with Crippen LogP contribution in [0.4, 0.5) is 23.4 Å². The van der Waals surface area contributed by atoms with Crippen molar-refractivity contribution in [3.63, 3.8) is 0 Å². The summed E-state index contributed by atoms with van der Waals surface area (Å²) in [7, 11) is 1.69. The summed E-state index contributed by atoms with van der Waals surface area (Å²) < 4.78 is 51.5. The molecule has 1 aliphatic heterocycles. The topological polar surface area (TPSA) is 39.7 Å². The number of rotatable bonds is 5. The molecule has 1 aromatic heterocycles. The summed E-state index contributed by atoms with van der Waals surface area (Å²) in [4.78, 5) is 21.6. The first-order valence-corrected chi connectivity index (χ1v) is 9.26. The van der Waals surface area contributed by atoms with Crippen LogP contribution in [0.25, 0.3) is 0 Å². The van der Waals surface area contributed by atoms with Gasteiger partial charge in [0, 0.05) is 51.9 Å². The van der Waals surface area contributed by atoms with Crippen molar-refractivity contribution in [3.8, 4) is 0 Å². The van der Waals surface area contributed by atoms with Gasteiger partial charge in [-0.1, -0.05) is 6.07 Å². The fraction of sp³-hybridized carbons (Fsp3) is 0.400. The summed E-state index contributed by atoms with van der Waals surface area (Å²) in [6.45, 7) is 3.59. The molecule has 0 N–H and O–H groups in total. The molecule has 1 saturated heterocycles. The molecule has 0 aliphatic carbocycles. The number of anilines is 1. The van der Waals surface area contributed by atoms with E-state index in [0.717, 1.165) is 6.07 Å². The molecule has 156 valence electrons. The van der Waals surface area contributed by atoms with Gasteiger partial charge in [0.1, 0.15) is 17.3 Å². The molecule has 0 bridgehead atoms. The zero-order valence-corrected chi connectivity index (χ0v) is 16.0. The van der Waals surface area contributed by atoms with Gasteiger partial charge in [-0.15, -0.1) is 0 Å². The molecule has 0 saturated carbocycles. The highest BCUT2D eigenvalue weighted by atomic mass is 19.4. The van der Waals surface area contributed by atoms with Gasteiger partial charge in [0.05, 0.1) is 0 Å². The van der Waals surface area contributed by atoms with Crippen molar-refractivity contribution >= 4 is 11.7 Å². The summed E-state index contributed by atoms with van der Waals surface area (Å²) in [6.07, 6.45) is -4.46. The van der Waals surface area contributed by atoms with Crippen LogP contribution in [0, 0.1) is 5.82 Å². The minimum absolute atomic E-state index is 0.184. The number of benzene rings is 1. The number of hydrogen-bond acceptors (Lipinski definition) is 4. The largest absolute Gasteiger partial charge is 0.433 e. The predicted octanol–water partition coefficient (Wildman–Crippen LogP) is 3.13. The molecule has 1 aliphatic rings. The Morgan fingerprint density at radius 1 is 1.07 bits per heavy atom. The van der Waals surface area contributed by atoms with E-state index in [0.29, 0.717) is 50.6 Å². The Balaban J connectivity index is 1.49. The lowest BCUT2D eigenvalue weighted by molar-refractivity contribution is -0.141. The molecule has 0 unspecified atom stereocenters. The number of piperazine rings is 1. The minimum atomic E-state index is -4.46. The first kappa shape index (κ1) is 21.0. The third kappa shape index (κ3) is 5.44. The van der Waals surface area contributed by atoms with Crippen molar-refractivity contribution in [1.29, 1.82) is 0 Å². The minimum Gasteiger partial charge on any atom is -0.354 e. The number of aromatic nitrogens is 1. The zero-order chi connectivity index (χ0) is 21.0. The summed E-state index contributed by atoms with van der Waals surface area (Å²) in [5.41, 5.74) is -0.465. The smallest absolute Gasteiger partial charge is 0.354 e. The second-order valence-electron chi connectivity index (χ2n) is 6.94. The molecular weight excluding hydrogens is 388 g/mol. The number of hydrogen-bond donors (Lipinski definition) is 0. The fourth-order valence-corrected chi connectivity index (χ4v) is 3.16. The van der Waals surface area contributed by atoms with E-state index >= 15 is 0 Å². The Hall–Kier alpha value is -2.68. The van der Waals surface area contributed by atoms with E-state index in [9.17, 15) is 22.4 Å². The van der Waals surface area contributed by atoms with Crippen LogP contribution in [-0.2, 0) is 6.18 Å². The lowest BCUT2D eigenvalue weighted by Gasteiger charge is -2.36. The Morgan fingerprint density at radius 2 is 1.72 bits per heavy atom. The van der Waals surface area contributed by atoms with E-state index in [1.165, 1.54) is 30.3 Å². The molecule has 3 rings (SSSR count). The van der Waals surface area contributed by atoms with Crippen molar-refractivity contribution in [1.82, 2.24) is 14.8 Å². The Kier molecular flexibility index (Phi) is 6.36. The van der Waals surface area contributed by atoms with Crippen molar-refractivity contribution in [2.24, 2.45) is 0 Å². The van der Waals surface area contributed by atoms with Crippen LogP contribution < -0.4 is 4.90 Å². The van der Waals surface area contributed by atoms with Gasteiger partial charge in [-0.3, -0.25) is 9.69 Å². The van der Waals surface area contributed by atoms with Gasteiger partial charge in [0.25, 0.3) is 5.91 Å². The van der Waals surface area contributed by atoms with Gasteiger partial charge < -0.3 is 9.80 Å². The molecule has 1 aromatic carbocycles. The summed E-state index contributed by atoms with van der Waals surface area (Å²) in [5, 5.41) is 0. The third-order valence-corrected chi connectivity index (χ3v) is 4.91. The van der Waals surface area contributed by atoms with E-state index in [4.69, 9.17) is 0 Å².